The zero-order valence-corrected chi connectivity index (χ0v) is 12.0. The first-order chi connectivity index (χ1) is 7.24. The molecule has 3 aliphatic rings. The standard InChI is InChI=1S/C13H16Br2/c14-10-1-3-12-8(6-10)5-9-7-11(15)2-4-13(9)12/h10-11H,1-7H2. The number of fused-ring (bicyclic) bond motifs is 1. The van der Waals surface area contributed by atoms with Gasteiger partial charge in [-0.1, -0.05) is 43.0 Å². The van der Waals surface area contributed by atoms with Gasteiger partial charge in [0.05, 0.1) is 0 Å². The first kappa shape index (κ1) is 10.6. The van der Waals surface area contributed by atoms with E-state index < -0.39 is 0 Å². The molecule has 0 saturated heterocycles. The summed E-state index contributed by atoms with van der Waals surface area (Å²) in [5.41, 5.74) is 7.05. The van der Waals surface area contributed by atoms with Crippen molar-refractivity contribution in [1.29, 1.82) is 0 Å². The Labute approximate surface area is 108 Å². The van der Waals surface area contributed by atoms with E-state index in [9.17, 15) is 0 Å². The molecule has 0 aromatic rings. The first-order valence-corrected chi connectivity index (χ1v) is 7.77. The van der Waals surface area contributed by atoms with E-state index in [0.717, 1.165) is 9.65 Å². The zero-order chi connectivity index (χ0) is 10.4. The highest BCUT2D eigenvalue weighted by molar-refractivity contribution is 9.09. The third-order valence-electron chi connectivity index (χ3n) is 4.00. The van der Waals surface area contributed by atoms with Crippen LogP contribution in [0.5, 0.6) is 0 Å². The van der Waals surface area contributed by atoms with Crippen molar-refractivity contribution in [2.45, 2.75) is 54.6 Å². The number of allylic oxidation sites excluding steroid dienone is 4. The average molecular weight is 332 g/mol. The van der Waals surface area contributed by atoms with Gasteiger partial charge in [-0.15, -0.1) is 0 Å². The van der Waals surface area contributed by atoms with E-state index in [1.54, 1.807) is 22.3 Å². The Kier molecular flexibility index (Phi) is 2.84. The molecule has 0 spiro atoms. The summed E-state index contributed by atoms with van der Waals surface area (Å²) in [4.78, 5) is 1.50. The highest BCUT2D eigenvalue weighted by Crippen LogP contribution is 2.48. The van der Waals surface area contributed by atoms with Crippen molar-refractivity contribution >= 4 is 31.9 Å². The van der Waals surface area contributed by atoms with Gasteiger partial charge in [0.1, 0.15) is 0 Å². The lowest BCUT2D eigenvalue weighted by Crippen LogP contribution is -2.09. The topological polar surface area (TPSA) is 0 Å². The van der Waals surface area contributed by atoms with Crippen LogP contribution in [0.1, 0.15) is 44.9 Å². The van der Waals surface area contributed by atoms with Crippen molar-refractivity contribution in [2.75, 3.05) is 0 Å². The van der Waals surface area contributed by atoms with Gasteiger partial charge < -0.3 is 0 Å². The predicted octanol–water partition coefficient (Wildman–Crippen LogP) is 4.88. The van der Waals surface area contributed by atoms with Crippen molar-refractivity contribution in [3.8, 4) is 0 Å². The molecule has 2 atom stereocenters. The molecular formula is C13H16Br2. The molecule has 0 fully saturated rings. The molecule has 0 aromatic heterocycles. The Morgan fingerprint density at radius 2 is 1.27 bits per heavy atom. The normalized spacial score (nSPS) is 35.6. The molecule has 2 unspecified atom stereocenters. The van der Waals surface area contributed by atoms with Gasteiger partial charge in [-0.25, -0.2) is 0 Å². The number of rotatable bonds is 0. The predicted molar refractivity (Wildman–Crippen MR) is 71.8 cm³/mol. The molecule has 0 heterocycles. The van der Waals surface area contributed by atoms with Crippen LogP contribution in [0.3, 0.4) is 0 Å². The molecule has 0 aromatic carbocycles. The third-order valence-corrected chi connectivity index (χ3v) is 5.56. The quantitative estimate of drug-likeness (QED) is 0.555. The monoisotopic (exact) mass is 330 g/mol. The van der Waals surface area contributed by atoms with Gasteiger partial charge in [0.25, 0.3) is 0 Å². The van der Waals surface area contributed by atoms with Crippen LogP contribution in [0.15, 0.2) is 22.3 Å². The minimum atomic E-state index is 0.748. The number of halogens is 2. The summed E-state index contributed by atoms with van der Waals surface area (Å²) in [5.74, 6) is 0. The lowest BCUT2D eigenvalue weighted by atomic mass is 9.87. The second-order valence-electron chi connectivity index (χ2n) is 5.02. The first-order valence-electron chi connectivity index (χ1n) is 5.94. The Hall–Kier alpha value is 0.440. The number of alkyl halides is 2. The minimum absolute atomic E-state index is 0.748. The van der Waals surface area contributed by atoms with E-state index >= 15 is 0 Å². The summed E-state index contributed by atoms with van der Waals surface area (Å²) in [6.45, 7) is 0. The largest absolute Gasteiger partial charge is 0.0887 e. The number of hydrogen-bond donors (Lipinski definition) is 0. The van der Waals surface area contributed by atoms with Crippen LogP contribution in [0.4, 0.5) is 0 Å². The molecule has 82 valence electrons. The van der Waals surface area contributed by atoms with Crippen molar-refractivity contribution < 1.29 is 0 Å². The molecule has 0 aliphatic heterocycles. The van der Waals surface area contributed by atoms with E-state index in [2.05, 4.69) is 31.9 Å². The maximum atomic E-state index is 3.77. The fourth-order valence-electron chi connectivity index (χ4n) is 3.28. The second-order valence-corrected chi connectivity index (χ2v) is 7.61. The summed E-state index contributed by atoms with van der Waals surface area (Å²) in [6, 6.07) is 0. The van der Waals surface area contributed by atoms with Crippen LogP contribution >= 0.6 is 31.9 Å². The summed E-state index contributed by atoms with van der Waals surface area (Å²) in [6.07, 6.45) is 9.24. The Morgan fingerprint density at radius 3 is 1.73 bits per heavy atom. The Bertz CT molecular complexity index is 318. The van der Waals surface area contributed by atoms with E-state index in [4.69, 9.17) is 0 Å². The summed E-state index contributed by atoms with van der Waals surface area (Å²) < 4.78 is 0. The van der Waals surface area contributed by atoms with Crippen LogP contribution in [-0.2, 0) is 0 Å². The SMILES string of the molecule is BrC1CCC2=C(CC3=C2CCC(Br)C3)C1. The van der Waals surface area contributed by atoms with Crippen LogP contribution in [-0.4, -0.2) is 9.65 Å². The van der Waals surface area contributed by atoms with Gasteiger partial charge in [-0.3, -0.25) is 0 Å². The summed E-state index contributed by atoms with van der Waals surface area (Å²) in [7, 11) is 0. The van der Waals surface area contributed by atoms with Crippen LogP contribution < -0.4 is 0 Å². The van der Waals surface area contributed by atoms with Gasteiger partial charge in [0, 0.05) is 9.65 Å². The van der Waals surface area contributed by atoms with Gasteiger partial charge in [0.15, 0.2) is 0 Å². The van der Waals surface area contributed by atoms with E-state index in [0.29, 0.717) is 0 Å². The van der Waals surface area contributed by atoms with Gasteiger partial charge in [-0.05, 0) is 56.1 Å². The smallest absolute Gasteiger partial charge is 0.0186 e. The van der Waals surface area contributed by atoms with Crippen molar-refractivity contribution in [2.24, 2.45) is 0 Å². The molecule has 0 radical (unpaired) electrons. The molecule has 15 heavy (non-hydrogen) atoms. The molecule has 3 rings (SSSR count). The Morgan fingerprint density at radius 1 is 0.800 bits per heavy atom. The fourth-order valence-corrected chi connectivity index (χ4v) is 4.52. The van der Waals surface area contributed by atoms with E-state index in [1.165, 1.54) is 44.9 Å². The number of hydrogen-bond acceptors (Lipinski definition) is 0. The van der Waals surface area contributed by atoms with Gasteiger partial charge in [-0.2, -0.15) is 0 Å². The molecule has 2 heteroatoms. The average Bonchev–Trinajstić information content (AvgIpc) is 2.53. The fraction of sp³-hybridized carbons (Fsp3) is 0.692. The van der Waals surface area contributed by atoms with Crippen molar-refractivity contribution in [3.63, 3.8) is 0 Å². The molecule has 0 bridgehead atoms. The lowest BCUT2D eigenvalue weighted by Gasteiger charge is -2.23. The van der Waals surface area contributed by atoms with E-state index in [1.807, 2.05) is 0 Å². The second kappa shape index (κ2) is 4.03. The molecule has 0 amide bonds. The molecule has 0 nitrogen and oxygen atoms in total. The van der Waals surface area contributed by atoms with E-state index in [-0.39, 0.29) is 0 Å². The molecule has 0 saturated carbocycles. The third kappa shape index (κ3) is 1.88. The van der Waals surface area contributed by atoms with Crippen LogP contribution in [0.25, 0.3) is 0 Å². The van der Waals surface area contributed by atoms with Crippen LogP contribution in [0, 0.1) is 0 Å². The maximum Gasteiger partial charge on any atom is 0.0186 e. The van der Waals surface area contributed by atoms with Gasteiger partial charge >= 0.3 is 0 Å². The minimum Gasteiger partial charge on any atom is -0.0887 e. The highest BCUT2D eigenvalue weighted by atomic mass is 79.9. The maximum absolute atomic E-state index is 3.77. The van der Waals surface area contributed by atoms with Crippen molar-refractivity contribution in [3.05, 3.63) is 22.3 Å². The summed E-state index contributed by atoms with van der Waals surface area (Å²) in [5, 5.41) is 0. The van der Waals surface area contributed by atoms with Gasteiger partial charge in [0.2, 0.25) is 0 Å². The zero-order valence-electron chi connectivity index (χ0n) is 8.86. The highest BCUT2D eigenvalue weighted by Gasteiger charge is 2.31. The Balaban J connectivity index is 1.87. The summed E-state index contributed by atoms with van der Waals surface area (Å²) >= 11 is 7.55. The van der Waals surface area contributed by atoms with Crippen molar-refractivity contribution in [1.82, 2.24) is 0 Å². The molecule has 0 N–H and O–H groups in total. The lowest BCUT2D eigenvalue weighted by molar-refractivity contribution is 0.688. The van der Waals surface area contributed by atoms with Crippen LogP contribution in [0.2, 0.25) is 0 Å². The molecule has 3 aliphatic carbocycles. The molecular weight excluding hydrogens is 316 g/mol.